The topological polar surface area (TPSA) is 75.6 Å². The zero-order valence-electron chi connectivity index (χ0n) is 11.8. The summed E-state index contributed by atoms with van der Waals surface area (Å²) in [5.41, 5.74) is 1.21. The number of aliphatic hydroxyl groups excluding tert-OH is 1. The van der Waals surface area contributed by atoms with Crippen molar-refractivity contribution in [3.63, 3.8) is 0 Å². The van der Waals surface area contributed by atoms with Gasteiger partial charge >= 0.3 is 0 Å². The Hall–Kier alpha value is -0.950. The fraction of sp³-hybridized carbons (Fsp3) is 0.571. The average Bonchev–Trinajstić information content (AvgIpc) is 2.92. The lowest BCUT2D eigenvalue weighted by molar-refractivity contribution is 0.0902. The van der Waals surface area contributed by atoms with Gasteiger partial charge in [-0.3, -0.25) is 0 Å². The van der Waals surface area contributed by atoms with Crippen molar-refractivity contribution in [2.24, 2.45) is 0 Å². The first kappa shape index (κ1) is 15.4. The van der Waals surface area contributed by atoms with Gasteiger partial charge in [0.05, 0.1) is 17.6 Å². The van der Waals surface area contributed by atoms with Gasteiger partial charge in [-0.15, -0.1) is 0 Å². The summed E-state index contributed by atoms with van der Waals surface area (Å²) in [6.45, 7) is 4.04. The SMILES string of the molecule is Cc1c(CO)cccc1S(=O)(=O)NC(C)C1CCCO1. The molecule has 1 aliphatic rings. The van der Waals surface area contributed by atoms with Crippen LogP contribution in [-0.4, -0.2) is 32.3 Å². The normalized spacial score (nSPS) is 21.1. The molecule has 1 fully saturated rings. The van der Waals surface area contributed by atoms with E-state index in [2.05, 4.69) is 4.72 Å². The molecule has 1 aromatic rings. The van der Waals surface area contributed by atoms with Crippen LogP contribution in [-0.2, 0) is 21.4 Å². The van der Waals surface area contributed by atoms with Gasteiger partial charge in [-0.05, 0) is 43.9 Å². The lowest BCUT2D eigenvalue weighted by Crippen LogP contribution is -2.41. The van der Waals surface area contributed by atoms with E-state index in [4.69, 9.17) is 4.74 Å². The molecule has 0 bridgehead atoms. The minimum absolute atomic E-state index is 0.0638. The maximum atomic E-state index is 12.4. The molecule has 0 spiro atoms. The fourth-order valence-electron chi connectivity index (χ4n) is 2.50. The zero-order chi connectivity index (χ0) is 14.8. The van der Waals surface area contributed by atoms with Crippen molar-refractivity contribution in [2.45, 2.75) is 50.3 Å². The van der Waals surface area contributed by atoms with E-state index in [1.807, 2.05) is 6.92 Å². The molecule has 6 heteroatoms. The molecule has 20 heavy (non-hydrogen) atoms. The lowest BCUT2D eigenvalue weighted by atomic mass is 10.1. The molecule has 0 saturated carbocycles. The van der Waals surface area contributed by atoms with E-state index in [9.17, 15) is 13.5 Å². The highest BCUT2D eigenvalue weighted by atomic mass is 32.2. The van der Waals surface area contributed by atoms with Gasteiger partial charge in [0.15, 0.2) is 0 Å². The molecule has 2 unspecified atom stereocenters. The van der Waals surface area contributed by atoms with Crippen molar-refractivity contribution >= 4 is 10.0 Å². The molecule has 0 aliphatic carbocycles. The van der Waals surface area contributed by atoms with Gasteiger partial charge < -0.3 is 9.84 Å². The van der Waals surface area contributed by atoms with E-state index >= 15 is 0 Å². The minimum Gasteiger partial charge on any atom is -0.392 e. The molecule has 5 nitrogen and oxygen atoms in total. The Bertz CT molecular complexity index is 565. The first-order valence-electron chi connectivity index (χ1n) is 6.79. The van der Waals surface area contributed by atoms with Crippen molar-refractivity contribution in [3.05, 3.63) is 29.3 Å². The van der Waals surface area contributed by atoms with Crippen LogP contribution in [0.3, 0.4) is 0 Å². The number of rotatable bonds is 5. The van der Waals surface area contributed by atoms with E-state index in [-0.39, 0.29) is 23.6 Å². The molecule has 2 atom stereocenters. The smallest absolute Gasteiger partial charge is 0.241 e. The summed E-state index contributed by atoms with van der Waals surface area (Å²) in [6.07, 6.45) is 1.78. The molecular formula is C14H21NO4S. The molecule has 1 heterocycles. The standard InChI is InChI=1S/C14H21NO4S/c1-10-12(9-16)5-3-7-14(10)20(17,18)15-11(2)13-6-4-8-19-13/h3,5,7,11,13,15-16H,4,6,8-9H2,1-2H3. The van der Waals surface area contributed by atoms with E-state index in [1.54, 1.807) is 25.1 Å². The van der Waals surface area contributed by atoms with Gasteiger partial charge in [0, 0.05) is 12.6 Å². The van der Waals surface area contributed by atoms with Gasteiger partial charge in [-0.2, -0.15) is 0 Å². The third-order valence-corrected chi connectivity index (χ3v) is 5.42. The van der Waals surface area contributed by atoms with Gasteiger partial charge in [-0.25, -0.2) is 13.1 Å². The number of nitrogens with one attached hydrogen (secondary N) is 1. The van der Waals surface area contributed by atoms with Crippen molar-refractivity contribution in [1.82, 2.24) is 4.72 Å². The second-order valence-electron chi connectivity index (χ2n) is 5.16. The Morgan fingerprint density at radius 3 is 2.85 bits per heavy atom. The Labute approximate surface area is 120 Å². The van der Waals surface area contributed by atoms with Crippen molar-refractivity contribution in [2.75, 3.05) is 6.61 Å². The van der Waals surface area contributed by atoms with Crippen LogP contribution in [0.2, 0.25) is 0 Å². The fourth-order valence-corrected chi connectivity index (χ4v) is 4.06. The monoisotopic (exact) mass is 299 g/mol. The quantitative estimate of drug-likeness (QED) is 0.860. The molecule has 1 aliphatic heterocycles. The highest BCUT2D eigenvalue weighted by Crippen LogP contribution is 2.21. The van der Waals surface area contributed by atoms with Gasteiger partial charge in [0.1, 0.15) is 0 Å². The van der Waals surface area contributed by atoms with Gasteiger partial charge in [-0.1, -0.05) is 12.1 Å². The molecule has 0 amide bonds. The Morgan fingerprint density at radius 2 is 2.25 bits per heavy atom. The average molecular weight is 299 g/mol. The number of sulfonamides is 1. The molecule has 112 valence electrons. The largest absolute Gasteiger partial charge is 0.392 e. The van der Waals surface area contributed by atoms with E-state index in [1.165, 1.54) is 0 Å². The molecular weight excluding hydrogens is 278 g/mol. The third-order valence-electron chi connectivity index (χ3n) is 3.72. The predicted molar refractivity (Wildman–Crippen MR) is 75.9 cm³/mol. The maximum Gasteiger partial charge on any atom is 0.241 e. The number of hydrogen-bond donors (Lipinski definition) is 2. The van der Waals surface area contributed by atoms with Crippen LogP contribution in [0.25, 0.3) is 0 Å². The summed E-state index contributed by atoms with van der Waals surface area (Å²) in [7, 11) is -3.60. The highest BCUT2D eigenvalue weighted by Gasteiger charge is 2.27. The van der Waals surface area contributed by atoms with E-state index < -0.39 is 10.0 Å². The summed E-state index contributed by atoms with van der Waals surface area (Å²) in [4.78, 5) is 0.217. The summed E-state index contributed by atoms with van der Waals surface area (Å²) in [6, 6.07) is 4.65. The first-order chi connectivity index (χ1) is 9.45. The molecule has 2 rings (SSSR count). The zero-order valence-corrected chi connectivity index (χ0v) is 12.6. The van der Waals surface area contributed by atoms with Crippen LogP contribution in [0.5, 0.6) is 0 Å². The molecule has 0 radical (unpaired) electrons. The van der Waals surface area contributed by atoms with Crippen LogP contribution in [0.15, 0.2) is 23.1 Å². The maximum absolute atomic E-state index is 12.4. The second-order valence-corrected chi connectivity index (χ2v) is 6.84. The van der Waals surface area contributed by atoms with Crippen LogP contribution in [0.1, 0.15) is 30.9 Å². The summed E-state index contributed by atoms with van der Waals surface area (Å²) in [5, 5.41) is 9.23. The summed E-state index contributed by atoms with van der Waals surface area (Å²) >= 11 is 0. The van der Waals surface area contributed by atoms with Crippen LogP contribution in [0, 0.1) is 6.92 Å². The van der Waals surface area contributed by atoms with Crippen LogP contribution in [0.4, 0.5) is 0 Å². The van der Waals surface area contributed by atoms with Crippen LogP contribution >= 0.6 is 0 Å². The van der Waals surface area contributed by atoms with Crippen LogP contribution < -0.4 is 4.72 Å². The van der Waals surface area contributed by atoms with E-state index in [0.717, 1.165) is 12.8 Å². The summed E-state index contributed by atoms with van der Waals surface area (Å²) in [5.74, 6) is 0. The molecule has 2 N–H and O–H groups in total. The summed E-state index contributed by atoms with van der Waals surface area (Å²) < 4.78 is 33.1. The van der Waals surface area contributed by atoms with E-state index in [0.29, 0.717) is 17.7 Å². The Morgan fingerprint density at radius 1 is 1.50 bits per heavy atom. The van der Waals surface area contributed by atoms with Gasteiger partial charge in [0.2, 0.25) is 10.0 Å². The van der Waals surface area contributed by atoms with Gasteiger partial charge in [0.25, 0.3) is 0 Å². The number of ether oxygens (including phenoxy) is 1. The predicted octanol–water partition coefficient (Wildman–Crippen LogP) is 1.33. The molecule has 0 aromatic heterocycles. The lowest BCUT2D eigenvalue weighted by Gasteiger charge is -2.21. The second kappa shape index (κ2) is 6.22. The highest BCUT2D eigenvalue weighted by molar-refractivity contribution is 7.89. The van der Waals surface area contributed by atoms with Crippen molar-refractivity contribution in [3.8, 4) is 0 Å². The minimum atomic E-state index is -3.60. The first-order valence-corrected chi connectivity index (χ1v) is 8.27. The number of aliphatic hydroxyl groups is 1. The number of benzene rings is 1. The Kier molecular flexibility index (Phi) is 4.80. The third kappa shape index (κ3) is 3.20. The van der Waals surface area contributed by atoms with Crippen molar-refractivity contribution < 1.29 is 18.3 Å². The van der Waals surface area contributed by atoms with Crippen molar-refractivity contribution in [1.29, 1.82) is 0 Å². The molecule has 1 saturated heterocycles. The Balaban J connectivity index is 2.22. The number of hydrogen-bond acceptors (Lipinski definition) is 4. The molecule has 1 aromatic carbocycles.